The van der Waals surface area contributed by atoms with E-state index in [0.717, 1.165) is 12.8 Å². The topological polar surface area (TPSA) is 18.5 Å². The lowest BCUT2D eigenvalue weighted by molar-refractivity contribution is 0.00578. The Bertz CT molecular complexity index is 480. The van der Waals surface area contributed by atoms with Crippen LogP contribution in [0.15, 0.2) is 18.2 Å². The summed E-state index contributed by atoms with van der Waals surface area (Å²) in [5.74, 6) is 0. The summed E-state index contributed by atoms with van der Waals surface area (Å²) in [6.45, 7) is 13.0. The standard InChI is InChI=1S/C20H33BO2/c1-7-9-11-16-13-17(12-10-8-2)15-18(14-16)21-22-19(3,4)20(5,6)23-21/h13-15H,7-12H2,1-6H3. The number of aryl methyl sites for hydroxylation is 2. The molecular weight excluding hydrogens is 283 g/mol. The summed E-state index contributed by atoms with van der Waals surface area (Å²) in [4.78, 5) is 0. The molecule has 0 atom stereocenters. The van der Waals surface area contributed by atoms with E-state index in [4.69, 9.17) is 9.31 Å². The van der Waals surface area contributed by atoms with Crippen molar-refractivity contribution in [2.24, 2.45) is 0 Å². The third kappa shape index (κ3) is 4.39. The van der Waals surface area contributed by atoms with Crippen molar-refractivity contribution < 1.29 is 9.31 Å². The molecule has 0 radical (unpaired) electrons. The molecule has 1 aliphatic heterocycles. The van der Waals surface area contributed by atoms with Gasteiger partial charge in [-0.1, -0.05) is 44.9 Å². The Morgan fingerprint density at radius 2 is 1.22 bits per heavy atom. The molecule has 1 aromatic rings. The molecule has 23 heavy (non-hydrogen) atoms. The highest BCUT2D eigenvalue weighted by Gasteiger charge is 2.51. The fourth-order valence-electron chi connectivity index (χ4n) is 2.96. The first-order valence-electron chi connectivity index (χ1n) is 9.27. The van der Waals surface area contributed by atoms with Crippen molar-refractivity contribution in [3.63, 3.8) is 0 Å². The van der Waals surface area contributed by atoms with E-state index in [1.54, 1.807) is 0 Å². The Labute approximate surface area is 143 Å². The lowest BCUT2D eigenvalue weighted by Crippen LogP contribution is -2.41. The van der Waals surface area contributed by atoms with E-state index in [9.17, 15) is 0 Å². The molecule has 1 heterocycles. The van der Waals surface area contributed by atoms with Gasteiger partial charge >= 0.3 is 7.12 Å². The summed E-state index contributed by atoms with van der Waals surface area (Å²) in [5.41, 5.74) is 3.47. The van der Waals surface area contributed by atoms with Crippen LogP contribution in [0, 0.1) is 0 Å². The molecule has 128 valence electrons. The minimum atomic E-state index is -0.277. The molecule has 2 rings (SSSR count). The third-order valence-electron chi connectivity index (χ3n) is 5.24. The summed E-state index contributed by atoms with van der Waals surface area (Å²) in [6, 6.07) is 6.95. The largest absolute Gasteiger partial charge is 0.494 e. The molecule has 1 aliphatic rings. The summed E-state index contributed by atoms with van der Waals surface area (Å²) < 4.78 is 12.5. The highest BCUT2D eigenvalue weighted by Crippen LogP contribution is 2.36. The van der Waals surface area contributed by atoms with Crippen molar-refractivity contribution in [2.75, 3.05) is 0 Å². The van der Waals surface area contributed by atoms with Gasteiger partial charge in [-0.2, -0.15) is 0 Å². The molecule has 0 spiro atoms. The molecule has 1 saturated heterocycles. The lowest BCUT2D eigenvalue weighted by atomic mass is 9.76. The van der Waals surface area contributed by atoms with Gasteiger partial charge in [0.05, 0.1) is 11.2 Å². The molecule has 0 N–H and O–H groups in total. The van der Waals surface area contributed by atoms with E-state index in [-0.39, 0.29) is 18.3 Å². The predicted molar refractivity (Wildman–Crippen MR) is 99.4 cm³/mol. The van der Waals surface area contributed by atoms with Crippen LogP contribution in [0.5, 0.6) is 0 Å². The van der Waals surface area contributed by atoms with Gasteiger partial charge in [-0.3, -0.25) is 0 Å². The predicted octanol–water partition coefficient (Wildman–Crippen LogP) is 4.67. The zero-order valence-electron chi connectivity index (χ0n) is 15.9. The molecule has 0 amide bonds. The molecule has 1 fully saturated rings. The highest BCUT2D eigenvalue weighted by molar-refractivity contribution is 6.62. The van der Waals surface area contributed by atoms with Crippen molar-refractivity contribution in [3.05, 3.63) is 29.3 Å². The summed E-state index contributed by atoms with van der Waals surface area (Å²) in [7, 11) is -0.248. The second kappa shape index (κ2) is 7.40. The Hall–Kier alpha value is -0.795. The van der Waals surface area contributed by atoms with Crippen LogP contribution in [0.1, 0.15) is 78.4 Å². The minimum absolute atomic E-state index is 0.248. The van der Waals surface area contributed by atoms with Gasteiger partial charge in [-0.25, -0.2) is 0 Å². The second-order valence-electron chi connectivity index (χ2n) is 7.88. The quantitative estimate of drug-likeness (QED) is 0.681. The first-order chi connectivity index (χ1) is 10.8. The lowest BCUT2D eigenvalue weighted by Gasteiger charge is -2.32. The van der Waals surface area contributed by atoms with Crippen molar-refractivity contribution >= 4 is 12.6 Å². The Morgan fingerprint density at radius 3 is 1.61 bits per heavy atom. The van der Waals surface area contributed by atoms with E-state index < -0.39 is 0 Å². The highest BCUT2D eigenvalue weighted by atomic mass is 16.7. The van der Waals surface area contributed by atoms with Gasteiger partial charge < -0.3 is 9.31 Å². The SMILES string of the molecule is CCCCc1cc(CCCC)cc(B2OC(C)(C)C(C)(C)O2)c1. The number of benzene rings is 1. The van der Waals surface area contributed by atoms with Crippen molar-refractivity contribution in [1.82, 2.24) is 0 Å². The Morgan fingerprint density at radius 1 is 0.783 bits per heavy atom. The van der Waals surface area contributed by atoms with Gasteiger partial charge in [0, 0.05) is 0 Å². The van der Waals surface area contributed by atoms with Crippen LogP contribution in [-0.2, 0) is 22.2 Å². The van der Waals surface area contributed by atoms with Gasteiger partial charge in [0.1, 0.15) is 0 Å². The van der Waals surface area contributed by atoms with Crippen LogP contribution in [0.4, 0.5) is 0 Å². The maximum Gasteiger partial charge on any atom is 0.494 e. The fraction of sp³-hybridized carbons (Fsp3) is 0.700. The van der Waals surface area contributed by atoms with Crippen LogP contribution >= 0.6 is 0 Å². The van der Waals surface area contributed by atoms with E-state index in [2.05, 4.69) is 59.7 Å². The maximum absolute atomic E-state index is 6.25. The number of hydrogen-bond acceptors (Lipinski definition) is 2. The van der Waals surface area contributed by atoms with Crippen LogP contribution < -0.4 is 5.46 Å². The number of rotatable bonds is 7. The molecule has 2 nitrogen and oxygen atoms in total. The minimum Gasteiger partial charge on any atom is -0.399 e. The van der Waals surface area contributed by atoms with Gasteiger partial charge in [0.25, 0.3) is 0 Å². The van der Waals surface area contributed by atoms with Gasteiger partial charge in [0.2, 0.25) is 0 Å². The molecule has 0 saturated carbocycles. The van der Waals surface area contributed by atoms with Crippen molar-refractivity contribution in [2.45, 2.75) is 91.3 Å². The third-order valence-corrected chi connectivity index (χ3v) is 5.24. The van der Waals surface area contributed by atoms with E-state index in [1.807, 2.05) is 0 Å². The molecular formula is C20H33BO2. The van der Waals surface area contributed by atoms with E-state index in [0.29, 0.717) is 0 Å². The van der Waals surface area contributed by atoms with Gasteiger partial charge in [-0.15, -0.1) is 0 Å². The Kier molecular flexibility index (Phi) is 5.96. The molecule has 1 aromatic carbocycles. The zero-order valence-corrected chi connectivity index (χ0v) is 15.9. The number of hydrogen-bond donors (Lipinski definition) is 0. The van der Waals surface area contributed by atoms with Gasteiger partial charge in [-0.05, 0) is 70.0 Å². The van der Waals surface area contributed by atoms with Gasteiger partial charge in [0.15, 0.2) is 0 Å². The van der Waals surface area contributed by atoms with E-state index in [1.165, 1.54) is 42.3 Å². The average Bonchev–Trinajstić information content (AvgIpc) is 2.71. The van der Waals surface area contributed by atoms with Crippen LogP contribution in [-0.4, -0.2) is 18.3 Å². The van der Waals surface area contributed by atoms with Crippen LogP contribution in [0.25, 0.3) is 0 Å². The molecule has 0 unspecified atom stereocenters. The molecule has 3 heteroatoms. The first kappa shape index (κ1) is 18.5. The fourth-order valence-corrected chi connectivity index (χ4v) is 2.96. The molecule has 0 bridgehead atoms. The van der Waals surface area contributed by atoms with Crippen molar-refractivity contribution in [3.8, 4) is 0 Å². The van der Waals surface area contributed by atoms with Crippen LogP contribution in [0.2, 0.25) is 0 Å². The first-order valence-corrected chi connectivity index (χ1v) is 9.27. The smallest absolute Gasteiger partial charge is 0.399 e. The van der Waals surface area contributed by atoms with E-state index >= 15 is 0 Å². The number of unbranched alkanes of at least 4 members (excludes halogenated alkanes) is 2. The molecule has 0 aromatic heterocycles. The van der Waals surface area contributed by atoms with Crippen LogP contribution in [0.3, 0.4) is 0 Å². The monoisotopic (exact) mass is 316 g/mol. The molecule has 0 aliphatic carbocycles. The zero-order chi connectivity index (χ0) is 17.1. The Balaban J connectivity index is 2.26. The summed E-state index contributed by atoms with van der Waals surface area (Å²) >= 11 is 0. The average molecular weight is 316 g/mol. The maximum atomic E-state index is 6.25. The van der Waals surface area contributed by atoms with Crippen molar-refractivity contribution in [1.29, 1.82) is 0 Å². The summed E-state index contributed by atoms with van der Waals surface area (Å²) in [6.07, 6.45) is 7.21. The second-order valence-corrected chi connectivity index (χ2v) is 7.88. The summed E-state index contributed by atoms with van der Waals surface area (Å²) in [5, 5.41) is 0. The normalized spacial score (nSPS) is 19.3.